The van der Waals surface area contributed by atoms with Gasteiger partial charge in [0.25, 0.3) is 0 Å². The topological polar surface area (TPSA) is 214 Å². The first-order valence-electron chi connectivity index (χ1n) is 12.2. The quantitative estimate of drug-likeness (QED) is 0.185. The van der Waals surface area contributed by atoms with E-state index in [1.165, 1.54) is 24.3 Å². The van der Waals surface area contributed by atoms with E-state index in [2.05, 4.69) is 5.32 Å². The number of amides is 1. The number of nitrogens with zero attached hydrogens (tertiary/aromatic N) is 4. The zero-order valence-electron chi connectivity index (χ0n) is 21.6. The summed E-state index contributed by atoms with van der Waals surface area (Å²) in [5.41, 5.74) is 0.663. The van der Waals surface area contributed by atoms with Gasteiger partial charge in [-0.25, -0.2) is 13.6 Å². The van der Waals surface area contributed by atoms with Crippen LogP contribution >= 0.6 is 0 Å². The van der Waals surface area contributed by atoms with Crippen molar-refractivity contribution in [3.8, 4) is 0 Å². The molecule has 1 heterocycles. The summed E-state index contributed by atoms with van der Waals surface area (Å²) < 4.78 is 22.8. The minimum Gasteiger partial charge on any atom is -0.480 e. The molecule has 218 valence electrons. The Morgan fingerprint density at radius 1 is 0.667 bits per heavy atom. The predicted octanol–water partition coefficient (Wildman–Crippen LogP) is -2.57. The third-order valence-electron chi connectivity index (χ3n) is 6.12. The second-order valence-electron chi connectivity index (χ2n) is 9.25. The van der Waals surface area contributed by atoms with Gasteiger partial charge in [-0.1, -0.05) is 12.1 Å². The summed E-state index contributed by atoms with van der Waals surface area (Å²) >= 11 is 0. The molecule has 1 aliphatic heterocycles. The van der Waals surface area contributed by atoms with Gasteiger partial charge in [0.15, 0.2) is 0 Å². The van der Waals surface area contributed by atoms with E-state index in [-0.39, 0.29) is 69.7 Å². The van der Waals surface area contributed by atoms with E-state index in [4.69, 9.17) is 5.14 Å². The lowest BCUT2D eigenvalue weighted by Crippen LogP contribution is -2.49. The number of carboxylic acid groups (broad SMARTS) is 3. The van der Waals surface area contributed by atoms with Crippen LogP contribution in [0, 0.1) is 0 Å². The van der Waals surface area contributed by atoms with E-state index in [0.29, 0.717) is 31.7 Å². The molecule has 0 bridgehead atoms. The molecule has 1 amide bonds. The van der Waals surface area contributed by atoms with Crippen LogP contribution in [0.2, 0.25) is 0 Å². The van der Waals surface area contributed by atoms with Crippen LogP contribution in [0.4, 0.5) is 0 Å². The maximum atomic E-state index is 12.7. The summed E-state index contributed by atoms with van der Waals surface area (Å²) in [6.45, 7) is 1.75. The lowest BCUT2D eigenvalue weighted by atomic mass is 10.2. The van der Waals surface area contributed by atoms with Crippen LogP contribution in [0.15, 0.2) is 29.2 Å². The van der Waals surface area contributed by atoms with Crippen LogP contribution < -0.4 is 10.5 Å². The van der Waals surface area contributed by atoms with E-state index in [1.807, 2.05) is 0 Å². The average molecular weight is 573 g/mol. The van der Waals surface area contributed by atoms with Crippen LogP contribution in [0.5, 0.6) is 0 Å². The van der Waals surface area contributed by atoms with Crippen LogP contribution in [0.1, 0.15) is 5.56 Å². The maximum Gasteiger partial charge on any atom is 0.317 e. The summed E-state index contributed by atoms with van der Waals surface area (Å²) in [5, 5.41) is 35.7. The normalized spacial score (nSPS) is 17.6. The lowest BCUT2D eigenvalue weighted by molar-refractivity contribution is -0.140. The number of primary sulfonamides is 1. The van der Waals surface area contributed by atoms with Crippen LogP contribution in [0.3, 0.4) is 0 Å². The van der Waals surface area contributed by atoms with E-state index in [0.717, 1.165) is 0 Å². The maximum absolute atomic E-state index is 12.7. The second-order valence-corrected chi connectivity index (χ2v) is 10.8. The Bertz CT molecular complexity index is 1070. The molecule has 1 aliphatic rings. The number of hydrogen-bond acceptors (Lipinski definition) is 10. The molecule has 0 aliphatic carbocycles. The molecule has 0 radical (unpaired) electrons. The van der Waals surface area contributed by atoms with Crippen molar-refractivity contribution in [2.75, 3.05) is 78.5 Å². The van der Waals surface area contributed by atoms with Crippen LogP contribution in [0.25, 0.3) is 0 Å². The largest absolute Gasteiger partial charge is 0.480 e. The molecular weight excluding hydrogens is 536 g/mol. The highest BCUT2D eigenvalue weighted by molar-refractivity contribution is 7.89. The molecule has 6 N–H and O–H groups in total. The highest BCUT2D eigenvalue weighted by atomic mass is 32.2. The summed E-state index contributed by atoms with van der Waals surface area (Å²) in [6, 6.07) is 5.77. The van der Waals surface area contributed by atoms with E-state index < -0.39 is 27.9 Å². The number of carbonyl (C=O) groups excluding carboxylic acids is 1. The summed E-state index contributed by atoms with van der Waals surface area (Å²) in [6.07, 6.45) is 0. The molecule has 16 heteroatoms. The van der Waals surface area contributed by atoms with E-state index >= 15 is 0 Å². The Kier molecular flexibility index (Phi) is 12.7. The van der Waals surface area contributed by atoms with Crippen molar-refractivity contribution in [2.24, 2.45) is 5.14 Å². The first-order valence-corrected chi connectivity index (χ1v) is 13.8. The standard InChI is InChI=1S/C23H36N6O9S/c24-39(37,38)19-3-1-18(2-4-19)13-25-20(30)14-26-5-7-27(15-21(31)32)9-11-29(17-23(35)36)12-10-28(8-6-26)16-22(33)34/h1-4H,5-17H2,(H,25,30)(H,31,32)(H,33,34)(H,35,36)(H2,24,37,38). The number of aliphatic carboxylic acids is 3. The van der Waals surface area contributed by atoms with Gasteiger partial charge in [-0.15, -0.1) is 0 Å². The van der Waals surface area contributed by atoms with Crippen molar-refractivity contribution in [3.05, 3.63) is 29.8 Å². The monoisotopic (exact) mass is 572 g/mol. The van der Waals surface area contributed by atoms with Crippen LogP contribution in [-0.4, -0.2) is 146 Å². The van der Waals surface area contributed by atoms with Crippen molar-refractivity contribution < 1.29 is 42.9 Å². The Morgan fingerprint density at radius 2 is 1.00 bits per heavy atom. The fourth-order valence-electron chi connectivity index (χ4n) is 4.04. The number of hydrogen-bond donors (Lipinski definition) is 5. The van der Waals surface area contributed by atoms with Crippen molar-refractivity contribution in [1.82, 2.24) is 24.9 Å². The number of nitrogens with one attached hydrogen (secondary N) is 1. The molecule has 1 aromatic carbocycles. The Balaban J connectivity index is 2.07. The molecule has 1 aromatic rings. The smallest absolute Gasteiger partial charge is 0.317 e. The molecule has 0 spiro atoms. The average Bonchev–Trinajstić information content (AvgIpc) is 2.83. The number of carboxylic acids is 3. The molecule has 0 unspecified atom stereocenters. The number of sulfonamides is 1. The van der Waals surface area contributed by atoms with Gasteiger partial charge in [0.1, 0.15) is 0 Å². The molecule has 1 saturated heterocycles. The summed E-state index contributed by atoms with van der Waals surface area (Å²) in [7, 11) is -3.82. The van der Waals surface area contributed by atoms with Crippen molar-refractivity contribution >= 4 is 33.8 Å². The summed E-state index contributed by atoms with van der Waals surface area (Å²) in [4.78, 5) is 53.5. The van der Waals surface area contributed by atoms with Crippen LogP contribution in [-0.2, 0) is 35.7 Å². The highest BCUT2D eigenvalue weighted by Gasteiger charge is 2.21. The molecule has 0 aromatic heterocycles. The molecule has 1 fully saturated rings. The molecule has 0 atom stereocenters. The second kappa shape index (κ2) is 15.4. The minimum absolute atomic E-state index is 0.0256. The third-order valence-corrected chi connectivity index (χ3v) is 7.04. The van der Waals surface area contributed by atoms with Crippen molar-refractivity contribution in [1.29, 1.82) is 0 Å². The Labute approximate surface area is 226 Å². The third kappa shape index (κ3) is 13.0. The van der Waals surface area contributed by atoms with Crippen molar-refractivity contribution in [2.45, 2.75) is 11.4 Å². The van der Waals surface area contributed by atoms with E-state index in [9.17, 15) is 42.9 Å². The van der Waals surface area contributed by atoms with Gasteiger partial charge in [0.2, 0.25) is 15.9 Å². The fourth-order valence-corrected chi connectivity index (χ4v) is 4.56. The highest BCUT2D eigenvalue weighted by Crippen LogP contribution is 2.08. The molecule has 0 saturated carbocycles. The SMILES string of the molecule is NS(=O)(=O)c1ccc(CNC(=O)CN2CCN(CC(=O)O)CCN(CC(=O)O)CCN(CC(=O)O)CC2)cc1. The number of benzene rings is 1. The van der Waals surface area contributed by atoms with Gasteiger partial charge < -0.3 is 20.6 Å². The Morgan fingerprint density at radius 3 is 1.31 bits per heavy atom. The van der Waals surface area contributed by atoms with Crippen molar-refractivity contribution in [3.63, 3.8) is 0 Å². The molecule has 15 nitrogen and oxygen atoms in total. The number of rotatable bonds is 11. The van der Waals surface area contributed by atoms with Gasteiger partial charge in [0, 0.05) is 58.9 Å². The molecular formula is C23H36N6O9S. The van der Waals surface area contributed by atoms with Gasteiger partial charge in [-0.2, -0.15) is 0 Å². The predicted molar refractivity (Wildman–Crippen MR) is 138 cm³/mol. The lowest BCUT2D eigenvalue weighted by Gasteiger charge is -2.32. The fraction of sp³-hybridized carbons (Fsp3) is 0.565. The van der Waals surface area contributed by atoms with Gasteiger partial charge >= 0.3 is 17.9 Å². The zero-order valence-corrected chi connectivity index (χ0v) is 22.4. The first-order chi connectivity index (χ1) is 18.3. The zero-order chi connectivity index (χ0) is 29.0. The summed E-state index contributed by atoms with van der Waals surface area (Å²) in [5.74, 6) is -3.41. The number of nitrogens with two attached hydrogens (primary N) is 1. The minimum atomic E-state index is -3.82. The van der Waals surface area contributed by atoms with E-state index in [1.54, 1.807) is 19.6 Å². The Hall–Kier alpha value is -3.15. The molecule has 2 rings (SSSR count). The number of carbonyl (C=O) groups is 4. The van der Waals surface area contributed by atoms with Gasteiger partial charge in [-0.3, -0.25) is 38.8 Å². The van der Waals surface area contributed by atoms with Gasteiger partial charge in [-0.05, 0) is 17.7 Å². The first kappa shape index (κ1) is 32.1. The van der Waals surface area contributed by atoms with Gasteiger partial charge in [0.05, 0.1) is 31.1 Å². The molecule has 39 heavy (non-hydrogen) atoms.